The van der Waals surface area contributed by atoms with Crippen LogP contribution in [0.2, 0.25) is 0 Å². The fourth-order valence-corrected chi connectivity index (χ4v) is 2.97. The van der Waals surface area contributed by atoms with E-state index in [1.807, 2.05) is 26.0 Å². The maximum atomic E-state index is 12.4. The lowest BCUT2D eigenvalue weighted by atomic mass is 10.1. The van der Waals surface area contributed by atoms with Gasteiger partial charge in [0.05, 0.1) is 5.69 Å². The standard InChI is InChI=1S/C16H15BrN2OS/c1-9-6-10(2)14(13(17)7-9)19-16(20)12-5-3-4-11(8-12)15(18)21/h3-8H,1-2H3,(H2,18,21)(H,19,20). The number of thiocarbonyl (C=S) groups is 1. The Kier molecular flexibility index (Phi) is 4.75. The second-order valence-corrected chi connectivity index (χ2v) is 6.13. The van der Waals surface area contributed by atoms with Crippen LogP contribution in [0.25, 0.3) is 0 Å². The molecule has 0 fully saturated rings. The zero-order valence-electron chi connectivity index (χ0n) is 11.7. The van der Waals surface area contributed by atoms with E-state index in [-0.39, 0.29) is 10.9 Å². The van der Waals surface area contributed by atoms with Crippen LogP contribution < -0.4 is 11.1 Å². The van der Waals surface area contributed by atoms with Crippen LogP contribution in [0, 0.1) is 13.8 Å². The number of halogens is 1. The van der Waals surface area contributed by atoms with Crippen molar-refractivity contribution >= 4 is 44.7 Å². The zero-order chi connectivity index (χ0) is 15.6. The predicted octanol–water partition coefficient (Wildman–Crippen LogP) is 3.95. The molecule has 2 aromatic rings. The molecule has 0 saturated carbocycles. The van der Waals surface area contributed by atoms with Gasteiger partial charge in [-0.25, -0.2) is 0 Å². The monoisotopic (exact) mass is 362 g/mol. The van der Waals surface area contributed by atoms with Crippen LogP contribution in [0.5, 0.6) is 0 Å². The Hall–Kier alpha value is -1.72. The van der Waals surface area contributed by atoms with Gasteiger partial charge in [0.25, 0.3) is 5.91 Å². The molecule has 0 aromatic heterocycles. The second-order valence-electron chi connectivity index (χ2n) is 4.84. The van der Waals surface area contributed by atoms with E-state index < -0.39 is 0 Å². The van der Waals surface area contributed by atoms with Gasteiger partial charge >= 0.3 is 0 Å². The summed E-state index contributed by atoms with van der Waals surface area (Å²) in [5, 5.41) is 2.92. The van der Waals surface area contributed by atoms with Crippen LogP contribution in [0.4, 0.5) is 5.69 Å². The molecule has 3 nitrogen and oxygen atoms in total. The minimum Gasteiger partial charge on any atom is -0.389 e. The molecule has 1 amide bonds. The molecule has 5 heteroatoms. The average Bonchev–Trinajstić information content (AvgIpc) is 2.42. The van der Waals surface area contributed by atoms with E-state index in [0.717, 1.165) is 21.3 Å². The molecular formula is C16H15BrN2OS. The minimum absolute atomic E-state index is 0.194. The molecule has 0 spiro atoms. The minimum atomic E-state index is -0.194. The molecule has 2 aromatic carbocycles. The van der Waals surface area contributed by atoms with E-state index in [1.165, 1.54) is 0 Å². The number of benzene rings is 2. The SMILES string of the molecule is Cc1cc(C)c(NC(=O)c2cccc(C(N)=S)c2)c(Br)c1. The molecule has 0 saturated heterocycles. The summed E-state index contributed by atoms with van der Waals surface area (Å²) in [6.07, 6.45) is 0. The summed E-state index contributed by atoms with van der Waals surface area (Å²) in [7, 11) is 0. The molecule has 0 bridgehead atoms. The van der Waals surface area contributed by atoms with Crippen molar-refractivity contribution in [3.63, 3.8) is 0 Å². The lowest BCUT2D eigenvalue weighted by Crippen LogP contribution is -2.15. The Morgan fingerprint density at radius 3 is 2.48 bits per heavy atom. The largest absolute Gasteiger partial charge is 0.389 e. The number of nitrogens with one attached hydrogen (secondary N) is 1. The highest BCUT2D eigenvalue weighted by Crippen LogP contribution is 2.28. The maximum absolute atomic E-state index is 12.4. The summed E-state index contributed by atoms with van der Waals surface area (Å²) < 4.78 is 0.860. The molecule has 0 radical (unpaired) electrons. The Morgan fingerprint density at radius 1 is 1.19 bits per heavy atom. The molecular weight excluding hydrogens is 348 g/mol. The van der Waals surface area contributed by atoms with E-state index in [1.54, 1.807) is 24.3 Å². The molecule has 0 aliphatic carbocycles. The zero-order valence-corrected chi connectivity index (χ0v) is 14.1. The first-order chi connectivity index (χ1) is 9.88. The van der Waals surface area contributed by atoms with Gasteiger partial charge in [0.15, 0.2) is 0 Å². The number of carbonyl (C=O) groups excluding carboxylic acids is 1. The van der Waals surface area contributed by atoms with Gasteiger partial charge in [-0.3, -0.25) is 4.79 Å². The molecule has 21 heavy (non-hydrogen) atoms. The summed E-state index contributed by atoms with van der Waals surface area (Å²) in [5.41, 5.74) is 9.69. The highest BCUT2D eigenvalue weighted by molar-refractivity contribution is 9.10. The van der Waals surface area contributed by atoms with Crippen LogP contribution in [-0.4, -0.2) is 10.9 Å². The molecule has 0 aliphatic rings. The first-order valence-corrected chi connectivity index (χ1v) is 7.56. The van der Waals surface area contributed by atoms with Crippen LogP contribution in [0.1, 0.15) is 27.0 Å². The topological polar surface area (TPSA) is 55.1 Å². The number of anilines is 1. The quantitative estimate of drug-likeness (QED) is 0.812. The van der Waals surface area contributed by atoms with Crippen LogP contribution in [0.3, 0.4) is 0 Å². The van der Waals surface area contributed by atoms with Gasteiger partial charge in [0.2, 0.25) is 0 Å². The van der Waals surface area contributed by atoms with Gasteiger partial charge in [-0.1, -0.05) is 30.4 Å². The fourth-order valence-electron chi connectivity index (χ4n) is 2.07. The number of rotatable bonds is 3. The van der Waals surface area contributed by atoms with Crippen molar-refractivity contribution in [2.75, 3.05) is 5.32 Å². The summed E-state index contributed by atoms with van der Waals surface area (Å²) in [5.74, 6) is -0.194. The summed E-state index contributed by atoms with van der Waals surface area (Å²) in [4.78, 5) is 12.6. The number of carbonyl (C=O) groups is 1. The van der Waals surface area contributed by atoms with Crippen LogP contribution >= 0.6 is 28.1 Å². The van der Waals surface area contributed by atoms with Crippen molar-refractivity contribution in [3.05, 3.63) is 63.1 Å². The van der Waals surface area contributed by atoms with Crippen LogP contribution in [-0.2, 0) is 0 Å². The van der Waals surface area contributed by atoms with Gasteiger partial charge in [-0.15, -0.1) is 0 Å². The van der Waals surface area contributed by atoms with E-state index in [0.29, 0.717) is 11.1 Å². The molecule has 3 N–H and O–H groups in total. The van der Waals surface area contributed by atoms with Gasteiger partial charge in [-0.2, -0.15) is 0 Å². The first-order valence-electron chi connectivity index (χ1n) is 6.36. The lowest BCUT2D eigenvalue weighted by molar-refractivity contribution is 0.102. The number of hydrogen-bond acceptors (Lipinski definition) is 2. The summed E-state index contributed by atoms with van der Waals surface area (Å²) in [6.45, 7) is 3.97. The predicted molar refractivity (Wildman–Crippen MR) is 93.9 cm³/mol. The van der Waals surface area contributed by atoms with E-state index >= 15 is 0 Å². The Balaban J connectivity index is 2.30. The molecule has 108 valence electrons. The third kappa shape index (κ3) is 3.68. The van der Waals surface area contributed by atoms with E-state index in [4.69, 9.17) is 18.0 Å². The lowest BCUT2D eigenvalue weighted by Gasteiger charge is -2.12. The second kappa shape index (κ2) is 6.37. The smallest absolute Gasteiger partial charge is 0.255 e. The van der Waals surface area contributed by atoms with Crippen molar-refractivity contribution < 1.29 is 4.79 Å². The third-order valence-electron chi connectivity index (χ3n) is 3.08. The summed E-state index contributed by atoms with van der Waals surface area (Å²) >= 11 is 8.41. The fraction of sp³-hybridized carbons (Fsp3) is 0.125. The van der Waals surface area contributed by atoms with Gasteiger partial charge in [0, 0.05) is 15.6 Å². The van der Waals surface area contributed by atoms with Crippen molar-refractivity contribution in [1.29, 1.82) is 0 Å². The average molecular weight is 363 g/mol. The Labute approximate surface area is 137 Å². The van der Waals surface area contributed by atoms with Gasteiger partial charge < -0.3 is 11.1 Å². The van der Waals surface area contributed by atoms with E-state index in [2.05, 4.69) is 21.2 Å². The number of aryl methyl sites for hydroxylation is 2. The highest BCUT2D eigenvalue weighted by Gasteiger charge is 2.12. The first kappa shape index (κ1) is 15.7. The molecule has 0 atom stereocenters. The maximum Gasteiger partial charge on any atom is 0.255 e. The molecule has 2 rings (SSSR count). The highest BCUT2D eigenvalue weighted by atomic mass is 79.9. The summed E-state index contributed by atoms with van der Waals surface area (Å²) in [6, 6.07) is 11.0. The number of amides is 1. The van der Waals surface area contributed by atoms with Crippen molar-refractivity contribution in [2.45, 2.75) is 13.8 Å². The van der Waals surface area contributed by atoms with Gasteiger partial charge in [0.1, 0.15) is 4.99 Å². The van der Waals surface area contributed by atoms with Crippen molar-refractivity contribution in [3.8, 4) is 0 Å². The third-order valence-corrected chi connectivity index (χ3v) is 3.94. The van der Waals surface area contributed by atoms with Crippen LogP contribution in [0.15, 0.2) is 40.9 Å². The Bertz CT molecular complexity index is 705. The van der Waals surface area contributed by atoms with E-state index in [9.17, 15) is 4.79 Å². The molecule has 0 heterocycles. The van der Waals surface area contributed by atoms with Crippen molar-refractivity contribution in [1.82, 2.24) is 0 Å². The molecule has 0 unspecified atom stereocenters. The van der Waals surface area contributed by atoms with Crippen molar-refractivity contribution in [2.24, 2.45) is 5.73 Å². The normalized spacial score (nSPS) is 10.2. The number of nitrogens with two attached hydrogens (primary N) is 1. The molecule has 0 aliphatic heterocycles. The number of hydrogen-bond donors (Lipinski definition) is 2. The van der Waals surface area contributed by atoms with Gasteiger partial charge in [-0.05, 0) is 59.1 Å². The Morgan fingerprint density at radius 2 is 1.86 bits per heavy atom.